The number of nitrogens with one attached hydrogen (secondary N) is 1. The molecule has 20 heavy (non-hydrogen) atoms. The zero-order valence-electron chi connectivity index (χ0n) is 11.2. The Labute approximate surface area is 120 Å². The Kier molecular flexibility index (Phi) is 4.51. The van der Waals surface area contributed by atoms with Crippen molar-refractivity contribution in [1.82, 2.24) is 4.98 Å². The van der Waals surface area contributed by atoms with E-state index in [0.717, 1.165) is 0 Å². The highest BCUT2D eigenvalue weighted by molar-refractivity contribution is 7.99. The van der Waals surface area contributed by atoms with Gasteiger partial charge in [0.25, 0.3) is 6.01 Å². The van der Waals surface area contributed by atoms with Crippen LogP contribution < -0.4 is 5.32 Å². The molecule has 108 valence electrons. The molecule has 0 fully saturated rings. The van der Waals surface area contributed by atoms with Crippen LogP contribution in [0.4, 0.5) is 6.01 Å². The smallest absolute Gasteiger partial charge is 0.335 e. The number of nitrogens with zero attached hydrogens (tertiary/aromatic N) is 1. The van der Waals surface area contributed by atoms with E-state index in [1.54, 1.807) is 17.8 Å². The van der Waals surface area contributed by atoms with Gasteiger partial charge < -0.3 is 19.9 Å². The Hall–Kier alpha value is -1.73. The summed E-state index contributed by atoms with van der Waals surface area (Å²) in [5, 5.41) is 21.3. The summed E-state index contributed by atoms with van der Waals surface area (Å²) >= 11 is 1.55. The third-order valence-corrected chi connectivity index (χ3v) is 4.19. The van der Waals surface area contributed by atoms with Gasteiger partial charge in [-0.3, -0.25) is 0 Å². The fraction of sp³-hybridized carbons (Fsp3) is 0.385. The first-order valence-electron chi connectivity index (χ1n) is 6.09. The zero-order valence-corrected chi connectivity index (χ0v) is 12.0. The Morgan fingerprint density at radius 3 is 2.90 bits per heavy atom. The molecule has 0 aliphatic rings. The van der Waals surface area contributed by atoms with Crippen LogP contribution in [0.1, 0.15) is 17.3 Å². The predicted molar refractivity (Wildman–Crippen MR) is 78.4 cm³/mol. The first-order chi connectivity index (χ1) is 9.55. The molecule has 2 rings (SSSR count). The minimum absolute atomic E-state index is 0.0259. The maximum atomic E-state index is 10.9. The topological polar surface area (TPSA) is 95.6 Å². The largest absolute Gasteiger partial charge is 0.478 e. The van der Waals surface area contributed by atoms with E-state index < -0.39 is 5.97 Å². The molecule has 0 aliphatic carbocycles. The monoisotopic (exact) mass is 296 g/mol. The molecular formula is C13H16N2O4S. The van der Waals surface area contributed by atoms with Crippen LogP contribution in [0.5, 0.6) is 0 Å². The number of fused-ring (bicyclic) bond motifs is 1. The molecule has 0 amide bonds. The third kappa shape index (κ3) is 3.05. The van der Waals surface area contributed by atoms with Gasteiger partial charge in [-0.2, -0.15) is 16.7 Å². The van der Waals surface area contributed by atoms with Crippen molar-refractivity contribution in [3.05, 3.63) is 23.8 Å². The number of hydrogen-bond acceptors (Lipinski definition) is 6. The Bertz CT molecular complexity index is 609. The van der Waals surface area contributed by atoms with Crippen LogP contribution in [0.2, 0.25) is 0 Å². The predicted octanol–water partition coefficient (Wildman–Crippen LogP) is 2.05. The number of benzene rings is 1. The van der Waals surface area contributed by atoms with Crippen LogP contribution >= 0.6 is 11.8 Å². The minimum atomic E-state index is -1.01. The number of hydrogen-bond donors (Lipinski definition) is 3. The summed E-state index contributed by atoms with van der Waals surface area (Å²) in [6.07, 6.45) is 1.92. The van der Waals surface area contributed by atoms with Crippen LogP contribution in [-0.4, -0.2) is 45.3 Å². The van der Waals surface area contributed by atoms with E-state index in [0.29, 0.717) is 17.1 Å². The Morgan fingerprint density at radius 1 is 1.55 bits per heavy atom. The molecule has 0 aliphatic heterocycles. The molecule has 3 N–H and O–H groups in total. The molecule has 0 spiro atoms. The van der Waals surface area contributed by atoms with Crippen LogP contribution in [0, 0.1) is 0 Å². The van der Waals surface area contributed by atoms with E-state index >= 15 is 0 Å². The molecule has 6 nitrogen and oxygen atoms in total. The Balaban J connectivity index is 2.21. The highest BCUT2D eigenvalue weighted by atomic mass is 32.2. The number of oxazole rings is 1. The lowest BCUT2D eigenvalue weighted by molar-refractivity contribution is 0.0697. The molecule has 7 heteroatoms. The van der Waals surface area contributed by atoms with Crippen LogP contribution in [-0.2, 0) is 0 Å². The van der Waals surface area contributed by atoms with Gasteiger partial charge in [-0.05, 0) is 31.4 Å². The number of carboxylic acids is 1. The molecule has 0 saturated carbocycles. The van der Waals surface area contributed by atoms with Crippen molar-refractivity contribution >= 4 is 34.8 Å². The van der Waals surface area contributed by atoms with E-state index in [4.69, 9.17) is 9.52 Å². The van der Waals surface area contributed by atoms with Gasteiger partial charge in [0.15, 0.2) is 5.58 Å². The molecule has 2 unspecified atom stereocenters. The standard InChI is InChI=1S/C13H16N2O4S/c1-7(11(6-16)20-2)14-13-15-9-4-3-8(12(17)18)5-10(9)19-13/h3-5,7,11,16H,6H2,1-2H3,(H,14,15)(H,17,18). The zero-order chi connectivity index (χ0) is 14.7. The van der Waals surface area contributed by atoms with Gasteiger partial charge in [0.05, 0.1) is 12.2 Å². The summed E-state index contributed by atoms with van der Waals surface area (Å²) in [4.78, 5) is 15.1. The van der Waals surface area contributed by atoms with Gasteiger partial charge in [-0.1, -0.05) is 0 Å². The number of aromatic nitrogens is 1. The van der Waals surface area contributed by atoms with Crippen molar-refractivity contribution < 1.29 is 19.4 Å². The average Bonchev–Trinajstić information content (AvgIpc) is 2.80. The molecule has 0 radical (unpaired) electrons. The molecule has 1 aromatic heterocycles. The van der Waals surface area contributed by atoms with Crippen LogP contribution in [0.15, 0.2) is 22.6 Å². The minimum Gasteiger partial charge on any atom is -0.478 e. The number of carbonyl (C=O) groups is 1. The van der Waals surface area contributed by atoms with E-state index in [1.165, 1.54) is 12.1 Å². The second kappa shape index (κ2) is 6.15. The highest BCUT2D eigenvalue weighted by Gasteiger charge is 2.17. The first-order valence-corrected chi connectivity index (χ1v) is 7.38. The van der Waals surface area contributed by atoms with Crippen molar-refractivity contribution in [2.75, 3.05) is 18.2 Å². The summed E-state index contributed by atoms with van der Waals surface area (Å²) in [7, 11) is 0. The fourth-order valence-electron chi connectivity index (χ4n) is 1.84. The molecule has 2 aromatic rings. The lowest BCUT2D eigenvalue weighted by Gasteiger charge is -2.19. The van der Waals surface area contributed by atoms with Crippen molar-refractivity contribution in [3.8, 4) is 0 Å². The number of rotatable bonds is 6. The molecule has 0 bridgehead atoms. The molecule has 1 aromatic carbocycles. The van der Waals surface area contributed by atoms with Gasteiger partial charge in [-0.15, -0.1) is 0 Å². The number of carboxylic acid groups (broad SMARTS) is 1. The van der Waals surface area contributed by atoms with Crippen molar-refractivity contribution in [2.24, 2.45) is 0 Å². The lowest BCUT2D eigenvalue weighted by atomic mass is 10.2. The van der Waals surface area contributed by atoms with Crippen molar-refractivity contribution in [1.29, 1.82) is 0 Å². The summed E-state index contributed by atoms with van der Waals surface area (Å²) in [6, 6.07) is 4.83. The molecule has 1 heterocycles. The van der Waals surface area contributed by atoms with E-state index in [1.807, 2.05) is 13.2 Å². The number of aliphatic hydroxyl groups is 1. The Morgan fingerprint density at radius 2 is 2.30 bits per heavy atom. The third-order valence-electron chi connectivity index (χ3n) is 3.03. The number of aromatic carboxylic acids is 1. The number of aliphatic hydroxyl groups excluding tert-OH is 1. The van der Waals surface area contributed by atoms with E-state index in [9.17, 15) is 9.90 Å². The van der Waals surface area contributed by atoms with Gasteiger partial charge in [0.1, 0.15) is 5.52 Å². The summed E-state index contributed by atoms with van der Waals surface area (Å²) in [5.41, 5.74) is 1.17. The van der Waals surface area contributed by atoms with Crippen LogP contribution in [0.25, 0.3) is 11.1 Å². The van der Waals surface area contributed by atoms with Crippen LogP contribution in [0.3, 0.4) is 0 Å². The van der Waals surface area contributed by atoms with Gasteiger partial charge in [-0.25, -0.2) is 4.79 Å². The van der Waals surface area contributed by atoms with Gasteiger partial charge in [0, 0.05) is 11.3 Å². The second-order valence-corrected chi connectivity index (χ2v) is 5.47. The summed E-state index contributed by atoms with van der Waals surface area (Å²) < 4.78 is 5.49. The lowest BCUT2D eigenvalue weighted by Crippen LogP contribution is -2.31. The molecule has 2 atom stereocenters. The number of thioether (sulfide) groups is 1. The normalized spacial score (nSPS) is 14.2. The van der Waals surface area contributed by atoms with Crippen molar-refractivity contribution in [2.45, 2.75) is 18.2 Å². The van der Waals surface area contributed by atoms with E-state index in [2.05, 4.69) is 10.3 Å². The second-order valence-electron chi connectivity index (χ2n) is 4.40. The maximum absolute atomic E-state index is 10.9. The summed E-state index contributed by atoms with van der Waals surface area (Å²) in [5.74, 6) is -1.01. The summed E-state index contributed by atoms with van der Waals surface area (Å²) in [6.45, 7) is 1.98. The molecular weight excluding hydrogens is 280 g/mol. The highest BCUT2D eigenvalue weighted by Crippen LogP contribution is 2.22. The number of anilines is 1. The van der Waals surface area contributed by atoms with Crippen molar-refractivity contribution in [3.63, 3.8) is 0 Å². The molecule has 0 saturated heterocycles. The van der Waals surface area contributed by atoms with Gasteiger partial charge in [0.2, 0.25) is 0 Å². The first kappa shape index (κ1) is 14.7. The van der Waals surface area contributed by atoms with E-state index in [-0.39, 0.29) is 23.5 Å². The average molecular weight is 296 g/mol. The fourth-order valence-corrected chi connectivity index (χ4v) is 2.47. The quantitative estimate of drug-likeness (QED) is 0.750. The maximum Gasteiger partial charge on any atom is 0.335 e. The van der Waals surface area contributed by atoms with Gasteiger partial charge >= 0.3 is 5.97 Å². The SMILES string of the molecule is CSC(CO)C(C)Nc1nc2ccc(C(=O)O)cc2o1.